The lowest BCUT2D eigenvalue weighted by molar-refractivity contribution is 0.0446. The van der Waals surface area contributed by atoms with Gasteiger partial charge in [0.05, 0.1) is 19.6 Å². The van der Waals surface area contributed by atoms with Gasteiger partial charge in [-0.05, 0) is 56.6 Å². The fourth-order valence-electron chi connectivity index (χ4n) is 5.45. The molecule has 1 aromatic rings. The molecule has 2 aliphatic heterocycles. The molecule has 5 rings (SSSR count). The molecule has 4 nitrogen and oxygen atoms in total. The summed E-state index contributed by atoms with van der Waals surface area (Å²) in [4.78, 5) is 2.47. The van der Waals surface area contributed by atoms with Crippen molar-refractivity contribution in [2.45, 2.75) is 36.8 Å². The molecular weight excluding hydrogens is 302 g/mol. The highest BCUT2D eigenvalue weighted by atomic mass is 16.5. The molecule has 3 atom stereocenters. The van der Waals surface area contributed by atoms with Crippen LogP contribution in [0.25, 0.3) is 0 Å². The molecular formula is C20H23NO3. The Morgan fingerprint density at radius 2 is 2.08 bits per heavy atom. The van der Waals surface area contributed by atoms with Crippen LogP contribution in [0.5, 0.6) is 11.5 Å². The predicted molar refractivity (Wildman–Crippen MR) is 91.6 cm³/mol. The largest absolute Gasteiger partial charge is 0.497 e. The van der Waals surface area contributed by atoms with Crippen molar-refractivity contribution in [1.29, 1.82) is 0 Å². The van der Waals surface area contributed by atoms with Crippen molar-refractivity contribution >= 4 is 0 Å². The molecule has 0 radical (unpaired) electrons. The van der Waals surface area contributed by atoms with Gasteiger partial charge in [0.15, 0.2) is 11.5 Å². The first-order valence-electron chi connectivity index (χ1n) is 8.62. The van der Waals surface area contributed by atoms with E-state index >= 15 is 0 Å². The van der Waals surface area contributed by atoms with E-state index < -0.39 is 5.60 Å². The third kappa shape index (κ3) is 1.40. The normalized spacial score (nSPS) is 35.6. The van der Waals surface area contributed by atoms with Gasteiger partial charge < -0.3 is 14.2 Å². The molecule has 0 aromatic heterocycles. The molecule has 2 bridgehead atoms. The van der Waals surface area contributed by atoms with Crippen LogP contribution in [-0.4, -0.2) is 44.4 Å². The van der Waals surface area contributed by atoms with Gasteiger partial charge in [-0.1, -0.05) is 6.07 Å². The second kappa shape index (κ2) is 4.37. The maximum Gasteiger partial charge on any atom is 0.167 e. The van der Waals surface area contributed by atoms with Crippen molar-refractivity contribution in [1.82, 2.24) is 4.90 Å². The number of methoxy groups -OCH3 is 2. The number of allylic oxidation sites excluding steroid dienone is 1. The fraction of sp³-hybridized carbons (Fsp3) is 0.500. The van der Waals surface area contributed by atoms with E-state index in [-0.39, 0.29) is 5.41 Å². The van der Waals surface area contributed by atoms with E-state index in [4.69, 9.17) is 14.2 Å². The monoisotopic (exact) mass is 325 g/mol. The number of hydrogen-bond donors (Lipinski definition) is 0. The van der Waals surface area contributed by atoms with E-state index in [0.29, 0.717) is 6.04 Å². The van der Waals surface area contributed by atoms with Crippen molar-refractivity contribution in [2.75, 3.05) is 27.8 Å². The Bertz CT molecular complexity index is 811. The summed E-state index contributed by atoms with van der Waals surface area (Å²) in [6.45, 7) is 3.28. The van der Waals surface area contributed by atoms with Crippen molar-refractivity contribution in [3.63, 3.8) is 0 Å². The molecule has 0 saturated carbocycles. The Balaban J connectivity index is 1.87. The average molecular weight is 325 g/mol. The van der Waals surface area contributed by atoms with Gasteiger partial charge >= 0.3 is 0 Å². The standard InChI is InChI=1S/C20H23NO3/c1-19-11-13(22-3)10-14-15-9-12-5-6-16(23-4)18(24-19)17(12)20(14,19)7-8-21(15)2/h5-6,10-11,15H,7-9H2,1-4H3/t15-,19-,20-/m1/s1. The minimum atomic E-state index is -0.423. The second-order valence-electron chi connectivity index (χ2n) is 7.55. The van der Waals surface area contributed by atoms with Gasteiger partial charge in [0.25, 0.3) is 0 Å². The van der Waals surface area contributed by atoms with Gasteiger partial charge in [0.2, 0.25) is 0 Å². The van der Waals surface area contributed by atoms with Crippen molar-refractivity contribution < 1.29 is 14.2 Å². The number of nitrogens with zero attached hydrogens (tertiary/aromatic N) is 1. The highest BCUT2D eigenvalue weighted by molar-refractivity contribution is 5.69. The minimum absolute atomic E-state index is 0.0936. The second-order valence-corrected chi connectivity index (χ2v) is 7.55. The first-order valence-corrected chi connectivity index (χ1v) is 8.62. The first-order chi connectivity index (χ1) is 11.5. The maximum atomic E-state index is 6.61. The van der Waals surface area contributed by atoms with Gasteiger partial charge in [0.1, 0.15) is 11.4 Å². The summed E-state index contributed by atoms with van der Waals surface area (Å²) in [5.41, 5.74) is 3.68. The lowest BCUT2D eigenvalue weighted by Gasteiger charge is -2.55. The topological polar surface area (TPSA) is 30.9 Å². The Hall–Kier alpha value is -1.94. The summed E-state index contributed by atoms with van der Waals surface area (Å²) in [7, 11) is 5.68. The first kappa shape index (κ1) is 14.4. The van der Waals surface area contributed by atoms with Crippen LogP contribution in [0.3, 0.4) is 0 Å². The molecule has 0 unspecified atom stereocenters. The Labute approximate surface area is 142 Å². The van der Waals surface area contributed by atoms with E-state index in [0.717, 1.165) is 36.6 Å². The summed E-state index contributed by atoms with van der Waals surface area (Å²) in [5.74, 6) is 2.67. The zero-order valence-corrected chi connectivity index (χ0v) is 14.7. The smallest absolute Gasteiger partial charge is 0.167 e. The molecule has 2 aliphatic carbocycles. The van der Waals surface area contributed by atoms with Crippen LogP contribution in [0.2, 0.25) is 0 Å². The van der Waals surface area contributed by atoms with Crippen LogP contribution in [0.15, 0.2) is 35.6 Å². The SMILES string of the molecule is COC1=C[C@@]2(C)Oc3c(OC)ccc4c3[C@]23CCN(C)[C@H](C4)C3=C1. The van der Waals surface area contributed by atoms with Crippen LogP contribution in [0, 0.1) is 0 Å². The third-order valence-electron chi connectivity index (χ3n) is 6.60. The number of piperidine rings is 1. The molecule has 4 aliphatic rings. The van der Waals surface area contributed by atoms with Gasteiger partial charge in [-0.25, -0.2) is 0 Å². The highest BCUT2D eigenvalue weighted by Gasteiger charge is 2.66. The Kier molecular flexibility index (Phi) is 2.62. The molecule has 1 aromatic carbocycles. The number of rotatable bonds is 2. The van der Waals surface area contributed by atoms with Crippen molar-refractivity contribution in [2.24, 2.45) is 0 Å². The fourth-order valence-corrected chi connectivity index (χ4v) is 5.45. The number of likely N-dealkylation sites (N-methyl/N-ethyl adjacent to an activating group) is 1. The van der Waals surface area contributed by atoms with E-state index in [9.17, 15) is 0 Å². The van der Waals surface area contributed by atoms with Crippen molar-refractivity contribution in [3.8, 4) is 11.5 Å². The van der Waals surface area contributed by atoms with Crippen molar-refractivity contribution in [3.05, 3.63) is 46.7 Å². The number of hydrogen-bond acceptors (Lipinski definition) is 4. The molecule has 126 valence electrons. The number of benzene rings is 1. The Morgan fingerprint density at radius 3 is 2.83 bits per heavy atom. The van der Waals surface area contributed by atoms with Crippen LogP contribution >= 0.6 is 0 Å². The lowest BCUT2D eigenvalue weighted by atomic mass is 9.53. The summed E-state index contributed by atoms with van der Waals surface area (Å²) >= 11 is 0. The predicted octanol–water partition coefficient (Wildman–Crippen LogP) is 2.81. The molecule has 1 fully saturated rings. The molecule has 4 heteroatoms. The summed E-state index contributed by atoms with van der Waals surface area (Å²) in [6.07, 6.45) is 6.49. The van der Waals surface area contributed by atoms with E-state index in [1.807, 2.05) is 0 Å². The highest BCUT2D eigenvalue weighted by Crippen LogP contribution is 2.65. The number of likely N-dealkylation sites (tertiary alicyclic amines) is 1. The molecule has 0 N–H and O–H groups in total. The Morgan fingerprint density at radius 1 is 1.25 bits per heavy atom. The zero-order valence-electron chi connectivity index (χ0n) is 14.7. The third-order valence-corrected chi connectivity index (χ3v) is 6.60. The van der Waals surface area contributed by atoms with Gasteiger partial charge in [-0.2, -0.15) is 0 Å². The molecule has 24 heavy (non-hydrogen) atoms. The van der Waals surface area contributed by atoms with Gasteiger partial charge in [-0.3, -0.25) is 4.90 Å². The molecule has 0 amide bonds. The van der Waals surface area contributed by atoms with Crippen LogP contribution in [-0.2, 0) is 16.6 Å². The average Bonchev–Trinajstić information content (AvgIpc) is 2.84. The molecule has 2 heterocycles. The van der Waals surface area contributed by atoms with Gasteiger partial charge in [-0.15, -0.1) is 0 Å². The summed E-state index contributed by atoms with van der Waals surface area (Å²) in [6, 6.07) is 4.69. The van der Waals surface area contributed by atoms with Gasteiger partial charge in [0, 0.05) is 17.7 Å². The van der Waals surface area contributed by atoms with Crippen LogP contribution in [0.4, 0.5) is 0 Å². The van der Waals surface area contributed by atoms with Crippen LogP contribution in [0.1, 0.15) is 24.5 Å². The summed E-state index contributed by atoms with van der Waals surface area (Å²) < 4.78 is 17.9. The molecule has 1 spiro atoms. The van der Waals surface area contributed by atoms with Crippen LogP contribution < -0.4 is 9.47 Å². The van der Waals surface area contributed by atoms with E-state index in [2.05, 4.69) is 43.2 Å². The maximum absolute atomic E-state index is 6.61. The summed E-state index contributed by atoms with van der Waals surface area (Å²) in [5, 5.41) is 0. The zero-order chi connectivity index (χ0) is 16.7. The molecule has 1 saturated heterocycles. The quantitative estimate of drug-likeness (QED) is 0.837. The number of ether oxygens (including phenoxy) is 3. The minimum Gasteiger partial charge on any atom is -0.497 e. The lowest BCUT2D eigenvalue weighted by Crippen LogP contribution is -2.62. The van der Waals surface area contributed by atoms with E-state index in [1.165, 1.54) is 16.7 Å². The van der Waals surface area contributed by atoms with E-state index in [1.54, 1.807) is 14.2 Å².